The van der Waals surface area contributed by atoms with Crippen molar-refractivity contribution in [3.05, 3.63) is 59.6 Å². The normalized spacial score (nSPS) is 14.8. The monoisotopic (exact) mass is 319 g/mol. The molecule has 1 N–H and O–H groups in total. The van der Waals surface area contributed by atoms with Crippen molar-refractivity contribution in [1.29, 1.82) is 0 Å². The van der Waals surface area contributed by atoms with Crippen LogP contribution in [0.5, 0.6) is 5.75 Å². The minimum atomic E-state index is -0.472. The summed E-state index contributed by atoms with van der Waals surface area (Å²) in [4.78, 5) is 1.72. The van der Waals surface area contributed by atoms with Crippen LogP contribution in [0.3, 0.4) is 0 Å². The summed E-state index contributed by atoms with van der Waals surface area (Å²) < 4.78 is 13.7. The predicted octanol–water partition coefficient (Wildman–Crippen LogP) is 3.08. The Balaban J connectivity index is 0.00000162. The van der Waals surface area contributed by atoms with Gasteiger partial charge in [0, 0.05) is 39.8 Å². The summed E-state index contributed by atoms with van der Waals surface area (Å²) in [5.41, 5.74) is 2.37. The van der Waals surface area contributed by atoms with Gasteiger partial charge < -0.3 is 10.0 Å². The fraction of sp³-hybridized carbons (Fsp3) is 0.143. The Hall–Kier alpha value is -0.926. The summed E-state index contributed by atoms with van der Waals surface area (Å²) in [5, 5.41) is 9.74. The molecule has 0 spiro atoms. The Morgan fingerprint density at radius 2 is 2.06 bits per heavy atom. The van der Waals surface area contributed by atoms with Crippen molar-refractivity contribution in [1.82, 2.24) is 4.90 Å². The fourth-order valence-electron chi connectivity index (χ4n) is 1.74. The number of aromatic hydroxyl groups is 1. The number of halogens is 1. The first-order valence-corrected chi connectivity index (χ1v) is 5.23. The molecular formula is C14H13FNOY-. The van der Waals surface area contributed by atoms with Gasteiger partial charge >= 0.3 is 0 Å². The fourth-order valence-corrected chi connectivity index (χ4v) is 1.74. The first-order chi connectivity index (χ1) is 8.02. The molecule has 2 nitrogen and oxygen atoms in total. The van der Waals surface area contributed by atoms with E-state index in [1.54, 1.807) is 18.0 Å². The Bertz CT molecular complexity index is 528. The molecule has 1 heterocycles. The molecule has 1 aromatic rings. The van der Waals surface area contributed by atoms with Crippen molar-refractivity contribution < 1.29 is 42.2 Å². The third kappa shape index (κ3) is 2.57. The maximum atomic E-state index is 13.7. The van der Waals surface area contributed by atoms with E-state index in [-0.39, 0.29) is 44.0 Å². The van der Waals surface area contributed by atoms with Crippen LogP contribution in [0.25, 0.3) is 5.70 Å². The quantitative estimate of drug-likeness (QED) is 0.804. The van der Waals surface area contributed by atoms with E-state index < -0.39 is 5.82 Å². The van der Waals surface area contributed by atoms with Crippen LogP contribution in [-0.2, 0) is 32.7 Å². The van der Waals surface area contributed by atoms with Crippen molar-refractivity contribution in [2.24, 2.45) is 0 Å². The van der Waals surface area contributed by atoms with E-state index in [0.29, 0.717) is 5.70 Å². The molecular weight excluding hydrogens is 306 g/mol. The van der Waals surface area contributed by atoms with Gasteiger partial charge in [0.15, 0.2) is 0 Å². The number of rotatable bonds is 1. The number of nitrogens with zero attached hydrogens (tertiary/aromatic N) is 1. The van der Waals surface area contributed by atoms with Crippen LogP contribution in [0.2, 0.25) is 0 Å². The number of hydrogen-bond acceptors (Lipinski definition) is 2. The molecule has 2 rings (SSSR count). The zero-order valence-corrected chi connectivity index (χ0v) is 13.2. The van der Waals surface area contributed by atoms with Crippen molar-refractivity contribution in [2.45, 2.75) is 6.92 Å². The second-order valence-corrected chi connectivity index (χ2v) is 3.96. The summed E-state index contributed by atoms with van der Waals surface area (Å²) in [7, 11) is 1.77. The Labute approximate surface area is 131 Å². The maximum Gasteiger partial charge on any atom is 0.0817 e. The molecule has 0 unspecified atom stereocenters. The van der Waals surface area contributed by atoms with Crippen molar-refractivity contribution in [3.8, 4) is 5.75 Å². The number of allylic oxidation sites excluding steroid dienone is 3. The van der Waals surface area contributed by atoms with E-state index >= 15 is 0 Å². The average molecular weight is 319 g/mol. The number of benzene rings is 1. The van der Waals surface area contributed by atoms with Crippen LogP contribution in [-0.4, -0.2) is 17.1 Å². The van der Waals surface area contributed by atoms with E-state index in [4.69, 9.17) is 0 Å². The van der Waals surface area contributed by atoms with Crippen LogP contribution >= 0.6 is 0 Å². The molecule has 1 aromatic carbocycles. The standard InChI is InChI=1S/C14H13FNO.Y/c1-9-7-8-12(16(3)10(9)2)14-11(15)5-4-6-13(14)17;/h4-7,17H,2H2,1,3H3;/q-1;. The molecule has 0 fully saturated rings. The summed E-state index contributed by atoms with van der Waals surface area (Å²) in [6, 6.07) is 4.23. The zero-order chi connectivity index (χ0) is 12.6. The van der Waals surface area contributed by atoms with Gasteiger partial charge in [-0.1, -0.05) is 25.3 Å². The first kappa shape index (κ1) is 15.1. The molecule has 0 aliphatic carbocycles. The van der Waals surface area contributed by atoms with E-state index in [2.05, 4.69) is 12.7 Å². The SMILES string of the molecule is C=C1C(C)=C[C-]=C(c2c(O)cccc2F)N1C.[Y]. The Morgan fingerprint density at radius 1 is 1.39 bits per heavy atom. The molecule has 0 saturated heterocycles. The van der Waals surface area contributed by atoms with Gasteiger partial charge in [-0.05, 0) is 23.4 Å². The van der Waals surface area contributed by atoms with Crippen molar-refractivity contribution in [3.63, 3.8) is 0 Å². The Kier molecular flexibility index (Phi) is 4.88. The van der Waals surface area contributed by atoms with E-state index in [0.717, 1.165) is 11.3 Å². The molecule has 1 aliphatic heterocycles. The smallest absolute Gasteiger partial charge is 0.0817 e. The van der Waals surface area contributed by atoms with Gasteiger partial charge in [0.05, 0.1) is 11.6 Å². The molecule has 0 saturated carbocycles. The maximum absolute atomic E-state index is 13.7. The molecule has 0 atom stereocenters. The van der Waals surface area contributed by atoms with Crippen LogP contribution in [0.1, 0.15) is 12.5 Å². The predicted molar refractivity (Wildman–Crippen MR) is 65.4 cm³/mol. The average Bonchev–Trinajstić information content (AvgIpc) is 2.29. The molecule has 1 aliphatic rings. The van der Waals surface area contributed by atoms with Crippen molar-refractivity contribution in [2.75, 3.05) is 7.05 Å². The first-order valence-electron chi connectivity index (χ1n) is 5.23. The van der Waals surface area contributed by atoms with Crippen LogP contribution < -0.4 is 0 Å². The number of phenolic OH excluding ortho intramolecular Hbond substituents is 1. The third-order valence-electron chi connectivity index (χ3n) is 2.85. The van der Waals surface area contributed by atoms with Gasteiger partial charge in [-0.2, -0.15) is 12.2 Å². The summed E-state index contributed by atoms with van der Waals surface area (Å²) in [5.74, 6) is -0.569. The molecule has 91 valence electrons. The second-order valence-electron chi connectivity index (χ2n) is 3.96. The van der Waals surface area contributed by atoms with Gasteiger partial charge in [0.1, 0.15) is 0 Å². The zero-order valence-electron chi connectivity index (χ0n) is 10.4. The van der Waals surface area contributed by atoms with Crippen LogP contribution in [0.4, 0.5) is 4.39 Å². The van der Waals surface area contributed by atoms with Crippen molar-refractivity contribution >= 4 is 5.70 Å². The van der Waals surface area contributed by atoms with E-state index in [9.17, 15) is 9.50 Å². The molecule has 0 bridgehead atoms. The third-order valence-corrected chi connectivity index (χ3v) is 2.85. The summed E-state index contributed by atoms with van der Waals surface area (Å²) in [6.07, 6.45) is 4.71. The minimum absolute atomic E-state index is 0. The largest absolute Gasteiger partial charge is 0.520 e. The molecule has 18 heavy (non-hydrogen) atoms. The minimum Gasteiger partial charge on any atom is -0.520 e. The Morgan fingerprint density at radius 3 is 2.67 bits per heavy atom. The van der Waals surface area contributed by atoms with Gasteiger partial charge in [-0.15, -0.1) is 5.57 Å². The molecule has 4 heteroatoms. The van der Waals surface area contributed by atoms with E-state index in [1.807, 2.05) is 6.92 Å². The van der Waals surface area contributed by atoms with Crippen LogP contribution in [0, 0.1) is 11.9 Å². The number of likely N-dealkylation sites (N-methyl/N-ethyl adjacent to an activating group) is 1. The van der Waals surface area contributed by atoms with Crippen LogP contribution in [0.15, 0.2) is 42.1 Å². The summed E-state index contributed by atoms with van der Waals surface area (Å²) >= 11 is 0. The topological polar surface area (TPSA) is 23.5 Å². The number of phenols is 1. The molecule has 0 amide bonds. The molecule has 1 radical (unpaired) electrons. The number of hydrogen-bond donors (Lipinski definition) is 1. The second kappa shape index (κ2) is 5.81. The van der Waals surface area contributed by atoms with E-state index in [1.165, 1.54) is 18.2 Å². The molecule has 0 aromatic heterocycles. The van der Waals surface area contributed by atoms with Gasteiger partial charge in [0.25, 0.3) is 0 Å². The summed E-state index contributed by atoms with van der Waals surface area (Å²) in [6.45, 7) is 5.81. The van der Waals surface area contributed by atoms with Gasteiger partial charge in [0.2, 0.25) is 0 Å². The van der Waals surface area contributed by atoms with Gasteiger partial charge in [-0.25, -0.2) is 4.39 Å². The van der Waals surface area contributed by atoms with Gasteiger partial charge in [-0.3, -0.25) is 0 Å².